The molecule has 0 saturated carbocycles. The van der Waals surface area contributed by atoms with Gasteiger partial charge in [-0.25, -0.2) is 0 Å². The Balaban J connectivity index is 2.20. The number of benzene rings is 1. The molecule has 0 bridgehead atoms. The van der Waals surface area contributed by atoms with E-state index in [1.807, 2.05) is 36.4 Å². The van der Waals surface area contributed by atoms with Crippen molar-refractivity contribution < 1.29 is 4.52 Å². The molecule has 2 heterocycles. The van der Waals surface area contributed by atoms with Crippen molar-refractivity contribution >= 4 is 17.4 Å². The minimum absolute atomic E-state index is 0.322. The van der Waals surface area contributed by atoms with Crippen LogP contribution in [0.15, 0.2) is 53.2 Å². The van der Waals surface area contributed by atoms with Crippen molar-refractivity contribution in [3.63, 3.8) is 0 Å². The lowest BCUT2D eigenvalue weighted by Crippen LogP contribution is -1.89. The Morgan fingerprint density at radius 1 is 1.11 bits per heavy atom. The molecule has 2 aromatic heterocycles. The monoisotopic (exact) mass is 271 g/mol. The molecule has 0 aliphatic rings. The quantitative estimate of drug-likeness (QED) is 0.773. The molecule has 94 valence electrons. The van der Waals surface area contributed by atoms with E-state index in [2.05, 4.69) is 10.1 Å². The third-order valence-corrected chi connectivity index (χ3v) is 2.96. The molecule has 0 aliphatic heterocycles. The highest BCUT2D eigenvalue weighted by molar-refractivity contribution is 6.30. The lowest BCUT2D eigenvalue weighted by atomic mass is 10.0. The number of rotatable bonds is 2. The summed E-state index contributed by atoms with van der Waals surface area (Å²) in [6.07, 6.45) is 1.69. The lowest BCUT2D eigenvalue weighted by Gasteiger charge is -2.02. The number of nitrogen functional groups attached to an aromatic ring is 1. The second-order valence-electron chi connectivity index (χ2n) is 4.00. The molecular weight excluding hydrogens is 262 g/mol. The maximum Gasteiger partial charge on any atom is 0.195 e. The zero-order valence-electron chi connectivity index (χ0n) is 9.88. The van der Waals surface area contributed by atoms with Crippen LogP contribution in [0.3, 0.4) is 0 Å². The van der Waals surface area contributed by atoms with Crippen molar-refractivity contribution in [2.24, 2.45) is 0 Å². The molecule has 4 nitrogen and oxygen atoms in total. The van der Waals surface area contributed by atoms with Gasteiger partial charge in [-0.3, -0.25) is 4.98 Å². The van der Waals surface area contributed by atoms with Gasteiger partial charge < -0.3 is 10.3 Å². The van der Waals surface area contributed by atoms with Crippen LogP contribution in [0.4, 0.5) is 5.82 Å². The lowest BCUT2D eigenvalue weighted by molar-refractivity contribution is 0.435. The van der Waals surface area contributed by atoms with Crippen molar-refractivity contribution in [1.82, 2.24) is 10.1 Å². The third kappa shape index (κ3) is 2.18. The second-order valence-corrected chi connectivity index (χ2v) is 4.43. The van der Waals surface area contributed by atoms with Crippen LogP contribution in [0.2, 0.25) is 5.02 Å². The molecule has 0 amide bonds. The fourth-order valence-corrected chi connectivity index (χ4v) is 2.09. The maximum absolute atomic E-state index is 6.00. The molecule has 3 rings (SSSR count). The van der Waals surface area contributed by atoms with E-state index in [4.69, 9.17) is 21.9 Å². The number of anilines is 1. The van der Waals surface area contributed by atoms with Gasteiger partial charge in [-0.2, -0.15) is 0 Å². The first-order valence-electron chi connectivity index (χ1n) is 5.68. The normalized spacial score (nSPS) is 10.6. The van der Waals surface area contributed by atoms with Crippen LogP contribution in [-0.2, 0) is 0 Å². The standard InChI is InChI=1S/C14H10ClN3O/c15-10-5-3-4-9(8-10)12-13(19-18-14(12)16)11-6-1-2-7-17-11/h1-8H,(H2,16,18). The number of hydrogen-bond donors (Lipinski definition) is 1. The van der Waals surface area contributed by atoms with E-state index in [-0.39, 0.29) is 0 Å². The van der Waals surface area contributed by atoms with Gasteiger partial charge in [0.05, 0.1) is 5.56 Å². The average Bonchev–Trinajstić information content (AvgIpc) is 2.82. The molecule has 0 saturated heterocycles. The van der Waals surface area contributed by atoms with Crippen LogP contribution in [-0.4, -0.2) is 10.1 Å². The van der Waals surface area contributed by atoms with E-state index >= 15 is 0 Å². The van der Waals surface area contributed by atoms with Crippen LogP contribution in [0.25, 0.3) is 22.6 Å². The van der Waals surface area contributed by atoms with Gasteiger partial charge in [0, 0.05) is 11.2 Å². The Labute approximate surface area is 114 Å². The minimum atomic E-state index is 0.322. The molecule has 0 fully saturated rings. The summed E-state index contributed by atoms with van der Waals surface area (Å²) < 4.78 is 5.30. The summed E-state index contributed by atoms with van der Waals surface area (Å²) in [5, 5.41) is 4.45. The highest BCUT2D eigenvalue weighted by atomic mass is 35.5. The molecule has 19 heavy (non-hydrogen) atoms. The van der Waals surface area contributed by atoms with E-state index in [1.165, 1.54) is 0 Å². The highest BCUT2D eigenvalue weighted by Crippen LogP contribution is 2.36. The molecule has 0 unspecified atom stereocenters. The Morgan fingerprint density at radius 2 is 2.00 bits per heavy atom. The smallest absolute Gasteiger partial charge is 0.195 e. The van der Waals surface area contributed by atoms with Gasteiger partial charge in [-0.15, -0.1) is 0 Å². The van der Waals surface area contributed by atoms with Gasteiger partial charge in [0.2, 0.25) is 0 Å². The highest BCUT2D eigenvalue weighted by Gasteiger charge is 2.18. The van der Waals surface area contributed by atoms with Crippen molar-refractivity contribution in [3.05, 3.63) is 53.7 Å². The van der Waals surface area contributed by atoms with Gasteiger partial charge in [-0.05, 0) is 29.8 Å². The van der Waals surface area contributed by atoms with E-state index in [1.54, 1.807) is 12.3 Å². The molecule has 5 heteroatoms. The first kappa shape index (κ1) is 11.7. The van der Waals surface area contributed by atoms with Crippen molar-refractivity contribution in [1.29, 1.82) is 0 Å². The van der Waals surface area contributed by atoms with Gasteiger partial charge in [0.15, 0.2) is 11.6 Å². The molecule has 0 spiro atoms. The van der Waals surface area contributed by atoms with E-state index in [0.717, 1.165) is 5.56 Å². The summed E-state index contributed by atoms with van der Waals surface area (Å²) >= 11 is 6.00. The van der Waals surface area contributed by atoms with Gasteiger partial charge in [0.1, 0.15) is 5.69 Å². The number of halogens is 1. The van der Waals surface area contributed by atoms with Crippen LogP contribution in [0.5, 0.6) is 0 Å². The Hall–Kier alpha value is -2.33. The zero-order chi connectivity index (χ0) is 13.2. The zero-order valence-corrected chi connectivity index (χ0v) is 10.6. The van der Waals surface area contributed by atoms with E-state index < -0.39 is 0 Å². The Bertz CT molecular complexity index is 710. The molecular formula is C14H10ClN3O. The average molecular weight is 272 g/mol. The number of aromatic nitrogens is 2. The van der Waals surface area contributed by atoms with Crippen LogP contribution in [0, 0.1) is 0 Å². The summed E-state index contributed by atoms with van der Waals surface area (Å²) in [6, 6.07) is 12.9. The minimum Gasteiger partial charge on any atom is -0.380 e. The fraction of sp³-hybridized carbons (Fsp3) is 0. The van der Waals surface area contributed by atoms with Gasteiger partial charge in [0.25, 0.3) is 0 Å². The molecule has 0 aliphatic carbocycles. The first-order valence-corrected chi connectivity index (χ1v) is 6.06. The first-order chi connectivity index (χ1) is 9.25. The topological polar surface area (TPSA) is 64.9 Å². The largest absolute Gasteiger partial charge is 0.380 e. The second kappa shape index (κ2) is 4.74. The van der Waals surface area contributed by atoms with Crippen LogP contribution in [0.1, 0.15) is 0 Å². The number of nitrogens with two attached hydrogens (primary N) is 1. The SMILES string of the molecule is Nc1noc(-c2ccccn2)c1-c1cccc(Cl)c1. The summed E-state index contributed by atoms with van der Waals surface area (Å²) in [6.45, 7) is 0. The van der Waals surface area contributed by atoms with E-state index in [0.29, 0.717) is 27.9 Å². The maximum atomic E-state index is 6.00. The Kier molecular flexibility index (Phi) is 2.93. The predicted molar refractivity (Wildman–Crippen MR) is 74.6 cm³/mol. The summed E-state index contributed by atoms with van der Waals surface area (Å²) in [4.78, 5) is 4.25. The number of nitrogens with zero attached hydrogens (tertiary/aromatic N) is 2. The summed E-state index contributed by atoms with van der Waals surface area (Å²) in [7, 11) is 0. The van der Waals surface area contributed by atoms with Crippen molar-refractivity contribution in [2.45, 2.75) is 0 Å². The Morgan fingerprint density at radius 3 is 2.74 bits per heavy atom. The van der Waals surface area contributed by atoms with Crippen LogP contribution >= 0.6 is 11.6 Å². The molecule has 3 aromatic rings. The molecule has 1 aromatic carbocycles. The van der Waals surface area contributed by atoms with Crippen molar-refractivity contribution in [2.75, 3.05) is 5.73 Å². The van der Waals surface area contributed by atoms with E-state index in [9.17, 15) is 0 Å². The number of pyridine rings is 1. The predicted octanol–water partition coefficient (Wildman–Crippen LogP) is 3.64. The summed E-state index contributed by atoms with van der Waals surface area (Å²) in [5.41, 5.74) is 8.13. The fourth-order valence-electron chi connectivity index (χ4n) is 1.90. The van der Waals surface area contributed by atoms with Gasteiger partial charge in [-0.1, -0.05) is 35.0 Å². The van der Waals surface area contributed by atoms with Gasteiger partial charge >= 0.3 is 0 Å². The molecule has 0 radical (unpaired) electrons. The third-order valence-electron chi connectivity index (χ3n) is 2.73. The van der Waals surface area contributed by atoms with Crippen molar-refractivity contribution in [3.8, 4) is 22.6 Å². The molecule has 0 atom stereocenters. The summed E-state index contributed by atoms with van der Waals surface area (Å²) in [5.74, 6) is 0.864. The van der Waals surface area contributed by atoms with Crippen LogP contribution < -0.4 is 5.73 Å². The molecule has 2 N–H and O–H groups in total. The number of hydrogen-bond acceptors (Lipinski definition) is 4.